The molecule has 0 aliphatic carbocycles. The summed E-state index contributed by atoms with van der Waals surface area (Å²) >= 11 is 0. The fourth-order valence-electron chi connectivity index (χ4n) is 5.97. The van der Waals surface area contributed by atoms with Gasteiger partial charge in [-0.1, -0.05) is 0 Å². The molecule has 1 fully saturated rings. The van der Waals surface area contributed by atoms with Crippen molar-refractivity contribution in [3.05, 3.63) is 46.3 Å². The standard InChI is InChI=1S/C27H36F2N8O/c1-31-15-18(14-30)20-12-17-4-3-10-36(24(17)13-21(20)25(28)29)26-22-16-35(27(38)32-2)11-7-23(22)37(34-26)19-5-8-33-9-6-19/h12-15,19,25,33H,3-11,16,30H2,1-2H3,(H,32,38). The summed E-state index contributed by atoms with van der Waals surface area (Å²) < 4.78 is 30.9. The monoisotopic (exact) mass is 526 g/mol. The maximum absolute atomic E-state index is 14.4. The lowest BCUT2D eigenvalue weighted by molar-refractivity contribution is 0.151. The smallest absolute Gasteiger partial charge is 0.317 e. The predicted octanol–water partition coefficient (Wildman–Crippen LogP) is 3.53. The van der Waals surface area contributed by atoms with Crippen molar-refractivity contribution in [1.82, 2.24) is 25.3 Å². The molecule has 0 saturated carbocycles. The fraction of sp³-hybridized carbons (Fsp3) is 0.519. The highest BCUT2D eigenvalue weighted by atomic mass is 19.3. The number of carbonyl (C=O) groups is 1. The third-order valence-corrected chi connectivity index (χ3v) is 7.84. The summed E-state index contributed by atoms with van der Waals surface area (Å²) in [6.45, 7) is 3.59. The molecule has 2 aromatic rings. The zero-order chi connectivity index (χ0) is 26.8. The minimum atomic E-state index is -2.68. The van der Waals surface area contributed by atoms with E-state index < -0.39 is 6.43 Å². The zero-order valence-electron chi connectivity index (χ0n) is 22.0. The molecule has 1 aromatic carbocycles. The van der Waals surface area contributed by atoms with Crippen molar-refractivity contribution < 1.29 is 13.6 Å². The van der Waals surface area contributed by atoms with Crippen LogP contribution in [0.3, 0.4) is 0 Å². The van der Waals surface area contributed by atoms with Gasteiger partial charge < -0.3 is 26.2 Å². The van der Waals surface area contributed by atoms with E-state index in [4.69, 9.17) is 10.8 Å². The highest BCUT2D eigenvalue weighted by molar-refractivity contribution is 6.10. The molecule has 0 atom stereocenters. The van der Waals surface area contributed by atoms with Crippen molar-refractivity contribution in [2.75, 3.05) is 45.2 Å². The average molecular weight is 527 g/mol. The van der Waals surface area contributed by atoms with E-state index in [2.05, 4.69) is 25.2 Å². The highest BCUT2D eigenvalue weighted by Gasteiger charge is 2.34. The van der Waals surface area contributed by atoms with Crippen molar-refractivity contribution in [2.24, 2.45) is 10.7 Å². The molecule has 4 heterocycles. The van der Waals surface area contributed by atoms with Gasteiger partial charge in [-0.2, -0.15) is 5.10 Å². The Kier molecular flexibility index (Phi) is 7.64. The Morgan fingerprint density at radius 2 is 2.05 bits per heavy atom. The van der Waals surface area contributed by atoms with E-state index in [1.54, 1.807) is 25.1 Å². The van der Waals surface area contributed by atoms with Crippen LogP contribution in [-0.4, -0.2) is 67.2 Å². The Morgan fingerprint density at radius 3 is 2.74 bits per heavy atom. The molecule has 1 aromatic heterocycles. The summed E-state index contributed by atoms with van der Waals surface area (Å²) in [5.74, 6) is 0.769. The number of piperidine rings is 1. The molecule has 5 rings (SSSR count). The van der Waals surface area contributed by atoms with Crippen LogP contribution in [0.5, 0.6) is 0 Å². The number of nitrogens with two attached hydrogens (primary N) is 1. The number of carbonyl (C=O) groups excluding carboxylic acids is 1. The van der Waals surface area contributed by atoms with E-state index >= 15 is 0 Å². The van der Waals surface area contributed by atoms with Crippen LogP contribution in [0.25, 0.3) is 5.57 Å². The first-order chi connectivity index (χ1) is 18.5. The van der Waals surface area contributed by atoms with Crippen LogP contribution in [-0.2, 0) is 19.4 Å². The van der Waals surface area contributed by atoms with E-state index in [1.807, 2.05) is 6.07 Å². The number of fused-ring (bicyclic) bond motifs is 2. The number of benzene rings is 1. The number of nitrogens with one attached hydrogen (secondary N) is 2. The molecular formula is C27H36F2N8O. The number of aryl methyl sites for hydroxylation is 1. The van der Waals surface area contributed by atoms with Gasteiger partial charge in [0.2, 0.25) is 0 Å². The molecule has 38 heavy (non-hydrogen) atoms. The number of hydrogen-bond acceptors (Lipinski definition) is 6. The number of aliphatic imine (C=N–C) groups is 1. The summed E-state index contributed by atoms with van der Waals surface area (Å²) in [6.07, 6.45) is 4.46. The number of alkyl halides is 2. The molecule has 0 spiro atoms. The van der Waals surface area contributed by atoms with Gasteiger partial charge in [-0.05, 0) is 62.0 Å². The number of allylic oxidation sites excluding steroid dienone is 1. The summed E-state index contributed by atoms with van der Waals surface area (Å²) in [5.41, 5.74) is 10.5. The van der Waals surface area contributed by atoms with Gasteiger partial charge in [-0.15, -0.1) is 0 Å². The van der Waals surface area contributed by atoms with Gasteiger partial charge in [0.1, 0.15) is 0 Å². The van der Waals surface area contributed by atoms with Gasteiger partial charge in [0, 0.05) is 74.1 Å². The molecule has 0 bridgehead atoms. The van der Waals surface area contributed by atoms with Gasteiger partial charge >= 0.3 is 6.03 Å². The Labute approximate surface area is 221 Å². The normalized spacial score (nSPS) is 18.7. The van der Waals surface area contributed by atoms with Crippen molar-refractivity contribution in [3.8, 4) is 0 Å². The van der Waals surface area contributed by atoms with Crippen LogP contribution in [0.1, 0.15) is 59.7 Å². The summed E-state index contributed by atoms with van der Waals surface area (Å²) in [6, 6.07) is 3.57. The largest absolute Gasteiger partial charge is 0.404 e. The van der Waals surface area contributed by atoms with E-state index in [9.17, 15) is 13.6 Å². The quantitative estimate of drug-likeness (QED) is 0.518. The summed E-state index contributed by atoms with van der Waals surface area (Å²) in [4.78, 5) is 20.4. The maximum Gasteiger partial charge on any atom is 0.317 e. The molecule has 3 aliphatic heterocycles. The molecule has 11 heteroatoms. The van der Waals surface area contributed by atoms with Gasteiger partial charge in [0.25, 0.3) is 6.43 Å². The van der Waals surface area contributed by atoms with Crippen molar-refractivity contribution >= 4 is 29.3 Å². The number of nitrogens with zero attached hydrogens (tertiary/aromatic N) is 5. The number of hydrogen-bond donors (Lipinski definition) is 3. The topological polar surface area (TPSA) is 104 Å². The third kappa shape index (κ3) is 4.75. The molecule has 9 nitrogen and oxygen atoms in total. The molecule has 0 radical (unpaired) electrons. The fourth-order valence-corrected chi connectivity index (χ4v) is 5.97. The number of rotatable bonds is 5. The second-order valence-electron chi connectivity index (χ2n) is 10.0. The van der Waals surface area contributed by atoms with Crippen molar-refractivity contribution in [3.63, 3.8) is 0 Å². The number of halogens is 2. The Morgan fingerprint density at radius 1 is 1.26 bits per heavy atom. The molecule has 3 aliphatic rings. The molecular weight excluding hydrogens is 490 g/mol. The minimum absolute atomic E-state index is 0.0779. The van der Waals surface area contributed by atoms with Gasteiger partial charge in [0.15, 0.2) is 5.82 Å². The molecule has 204 valence electrons. The molecule has 4 N–H and O–H groups in total. The van der Waals surface area contributed by atoms with Gasteiger partial charge in [-0.25, -0.2) is 13.6 Å². The third-order valence-electron chi connectivity index (χ3n) is 7.84. The van der Waals surface area contributed by atoms with Crippen molar-refractivity contribution in [2.45, 2.75) is 51.1 Å². The van der Waals surface area contributed by atoms with Crippen LogP contribution in [0.2, 0.25) is 0 Å². The first-order valence-electron chi connectivity index (χ1n) is 13.3. The lowest BCUT2D eigenvalue weighted by Gasteiger charge is -2.33. The summed E-state index contributed by atoms with van der Waals surface area (Å²) in [7, 11) is 3.23. The second kappa shape index (κ2) is 11.1. The second-order valence-corrected chi connectivity index (χ2v) is 10.0. The van der Waals surface area contributed by atoms with Crippen LogP contribution < -0.4 is 21.3 Å². The predicted molar refractivity (Wildman–Crippen MR) is 145 cm³/mol. The number of amides is 2. The Hall–Kier alpha value is -3.47. The lowest BCUT2D eigenvalue weighted by atomic mass is 9.92. The Balaban J connectivity index is 1.63. The van der Waals surface area contributed by atoms with E-state index in [0.717, 1.165) is 67.1 Å². The average Bonchev–Trinajstić information content (AvgIpc) is 3.33. The van der Waals surface area contributed by atoms with Crippen LogP contribution in [0.15, 0.2) is 23.3 Å². The van der Waals surface area contributed by atoms with E-state index in [-0.39, 0.29) is 17.6 Å². The molecule has 0 unspecified atom stereocenters. The number of aromatic nitrogens is 2. The van der Waals surface area contributed by atoms with Crippen molar-refractivity contribution in [1.29, 1.82) is 0 Å². The van der Waals surface area contributed by atoms with Gasteiger partial charge in [0.05, 0.1) is 12.6 Å². The van der Waals surface area contributed by atoms with E-state index in [0.29, 0.717) is 37.2 Å². The maximum atomic E-state index is 14.4. The first-order valence-corrected chi connectivity index (χ1v) is 13.3. The SMILES string of the molecule is CN=CC(=CN)c1cc2c(cc1C(F)F)N(c1nn(C3CCNCC3)c3c1CN(C(=O)NC)CC3)CCC2. The molecule has 2 amide bonds. The number of anilines is 2. The Bertz CT molecular complexity index is 1250. The van der Waals surface area contributed by atoms with Crippen LogP contribution in [0, 0.1) is 0 Å². The van der Waals surface area contributed by atoms with Crippen LogP contribution in [0.4, 0.5) is 25.1 Å². The lowest BCUT2D eigenvalue weighted by Crippen LogP contribution is -2.42. The highest BCUT2D eigenvalue weighted by Crippen LogP contribution is 2.42. The van der Waals surface area contributed by atoms with Gasteiger partial charge in [-0.3, -0.25) is 9.67 Å². The molecule has 1 saturated heterocycles. The van der Waals surface area contributed by atoms with E-state index in [1.165, 1.54) is 12.4 Å². The summed E-state index contributed by atoms with van der Waals surface area (Å²) in [5, 5.41) is 11.3. The minimum Gasteiger partial charge on any atom is -0.404 e. The zero-order valence-corrected chi connectivity index (χ0v) is 22.0. The number of urea groups is 1. The first kappa shape index (κ1) is 26.1. The van der Waals surface area contributed by atoms with Crippen LogP contribution >= 0.6 is 0 Å².